The Labute approximate surface area is 118 Å². The average Bonchev–Trinajstić information content (AvgIpc) is 2.64. The Morgan fingerprint density at radius 3 is 2.95 bits per heavy atom. The number of benzene rings is 1. The fourth-order valence-corrected chi connectivity index (χ4v) is 2.46. The normalized spacial score (nSPS) is 15.2. The van der Waals surface area contributed by atoms with E-state index in [0.717, 1.165) is 16.8 Å². The monoisotopic (exact) mass is 276 g/mol. The second kappa shape index (κ2) is 6.05. The molecule has 1 aromatic rings. The summed E-state index contributed by atoms with van der Waals surface area (Å²) in [5.74, 6) is -0.163. The van der Waals surface area contributed by atoms with Gasteiger partial charge in [0.15, 0.2) is 0 Å². The summed E-state index contributed by atoms with van der Waals surface area (Å²) in [4.78, 5) is 24.6. The number of hydrogen-bond acceptors (Lipinski definition) is 4. The Hall–Kier alpha value is -1.88. The van der Waals surface area contributed by atoms with Crippen molar-refractivity contribution in [2.45, 2.75) is 32.2 Å². The van der Waals surface area contributed by atoms with Crippen LogP contribution in [0.1, 0.15) is 24.5 Å². The topological polar surface area (TPSA) is 72.6 Å². The Morgan fingerprint density at radius 2 is 2.25 bits per heavy atom. The summed E-state index contributed by atoms with van der Waals surface area (Å²) in [6, 6.07) is 5.63. The van der Waals surface area contributed by atoms with Crippen molar-refractivity contribution in [1.82, 2.24) is 0 Å². The molecule has 5 heteroatoms. The molecule has 1 atom stereocenters. The maximum atomic E-state index is 11.6. The Bertz CT molecular complexity index is 528. The van der Waals surface area contributed by atoms with Crippen molar-refractivity contribution in [3.05, 3.63) is 29.3 Å². The van der Waals surface area contributed by atoms with E-state index in [4.69, 9.17) is 10.5 Å². The number of amides is 1. The first-order valence-corrected chi connectivity index (χ1v) is 6.80. The number of likely N-dealkylation sites (N-methyl/N-ethyl adjacent to an activating group) is 1. The Kier molecular flexibility index (Phi) is 4.39. The van der Waals surface area contributed by atoms with Gasteiger partial charge in [-0.05, 0) is 30.5 Å². The summed E-state index contributed by atoms with van der Waals surface area (Å²) in [6.45, 7) is 2.15. The largest absolute Gasteiger partial charge is 0.466 e. The predicted octanol–water partition coefficient (Wildman–Crippen LogP) is 1.03. The van der Waals surface area contributed by atoms with E-state index in [9.17, 15) is 9.59 Å². The highest BCUT2D eigenvalue weighted by Gasteiger charge is 2.24. The minimum atomic E-state index is -0.268. The lowest BCUT2D eigenvalue weighted by atomic mass is 10.0. The van der Waals surface area contributed by atoms with Crippen molar-refractivity contribution >= 4 is 17.6 Å². The second-order valence-corrected chi connectivity index (χ2v) is 5.07. The molecule has 0 radical (unpaired) electrons. The van der Waals surface area contributed by atoms with Crippen LogP contribution < -0.4 is 10.6 Å². The zero-order valence-corrected chi connectivity index (χ0v) is 11.9. The molecule has 0 saturated heterocycles. The molecular formula is C15H20N2O3. The highest BCUT2D eigenvalue weighted by Crippen LogP contribution is 2.28. The van der Waals surface area contributed by atoms with E-state index < -0.39 is 0 Å². The number of anilines is 1. The smallest absolute Gasteiger partial charge is 0.307 e. The number of rotatable bonds is 5. The first-order chi connectivity index (χ1) is 9.51. The van der Waals surface area contributed by atoms with Crippen molar-refractivity contribution in [1.29, 1.82) is 0 Å². The van der Waals surface area contributed by atoms with E-state index in [-0.39, 0.29) is 24.3 Å². The molecule has 1 aromatic carbocycles. The number of hydrogen-bond donors (Lipinski definition) is 1. The van der Waals surface area contributed by atoms with E-state index >= 15 is 0 Å². The Balaban J connectivity index is 2.00. The molecule has 20 heavy (non-hydrogen) atoms. The molecule has 0 fully saturated rings. The lowest BCUT2D eigenvalue weighted by Gasteiger charge is -2.13. The van der Waals surface area contributed by atoms with Gasteiger partial charge in [0.2, 0.25) is 5.91 Å². The van der Waals surface area contributed by atoms with Crippen LogP contribution in [0.4, 0.5) is 5.69 Å². The maximum absolute atomic E-state index is 11.6. The molecule has 1 aliphatic heterocycles. The summed E-state index contributed by atoms with van der Waals surface area (Å²) in [5, 5.41) is 0. The van der Waals surface area contributed by atoms with E-state index in [1.165, 1.54) is 0 Å². The first-order valence-electron chi connectivity index (χ1n) is 6.80. The molecule has 2 rings (SSSR count). The second-order valence-electron chi connectivity index (χ2n) is 5.07. The highest BCUT2D eigenvalue weighted by atomic mass is 16.5. The van der Waals surface area contributed by atoms with Crippen LogP contribution in [-0.4, -0.2) is 31.6 Å². The van der Waals surface area contributed by atoms with Crippen LogP contribution in [0.2, 0.25) is 0 Å². The maximum Gasteiger partial charge on any atom is 0.307 e. The van der Waals surface area contributed by atoms with Crippen LogP contribution in [0.15, 0.2) is 18.2 Å². The third-order valence-electron chi connectivity index (χ3n) is 3.45. The zero-order valence-electron chi connectivity index (χ0n) is 11.9. The van der Waals surface area contributed by atoms with Gasteiger partial charge in [0.1, 0.15) is 0 Å². The van der Waals surface area contributed by atoms with Gasteiger partial charge in [-0.25, -0.2) is 0 Å². The van der Waals surface area contributed by atoms with Crippen LogP contribution in [-0.2, 0) is 27.2 Å². The summed E-state index contributed by atoms with van der Waals surface area (Å²) in [5.41, 5.74) is 8.99. The van der Waals surface area contributed by atoms with Crippen molar-refractivity contribution in [3.63, 3.8) is 0 Å². The molecule has 108 valence electrons. The average molecular weight is 276 g/mol. The molecule has 0 saturated carbocycles. The molecule has 0 bridgehead atoms. The van der Waals surface area contributed by atoms with Crippen LogP contribution in [0, 0.1) is 0 Å². The molecule has 1 aliphatic rings. The third kappa shape index (κ3) is 3.17. The summed E-state index contributed by atoms with van der Waals surface area (Å²) < 4.78 is 4.88. The number of carbonyl (C=O) groups excluding carboxylic acids is 2. The van der Waals surface area contributed by atoms with Crippen LogP contribution >= 0.6 is 0 Å². The van der Waals surface area contributed by atoms with Crippen LogP contribution in [0.25, 0.3) is 0 Å². The molecule has 5 nitrogen and oxygen atoms in total. The fraction of sp³-hybridized carbons (Fsp3) is 0.467. The van der Waals surface area contributed by atoms with Gasteiger partial charge in [-0.15, -0.1) is 0 Å². The third-order valence-corrected chi connectivity index (χ3v) is 3.45. The summed E-state index contributed by atoms with van der Waals surface area (Å²) in [7, 11) is 1.78. The Morgan fingerprint density at radius 1 is 1.50 bits per heavy atom. The van der Waals surface area contributed by atoms with E-state index in [2.05, 4.69) is 0 Å². The van der Waals surface area contributed by atoms with Gasteiger partial charge >= 0.3 is 5.97 Å². The van der Waals surface area contributed by atoms with Crippen molar-refractivity contribution in [2.24, 2.45) is 5.73 Å². The quantitative estimate of drug-likeness (QED) is 0.815. The number of fused-ring (bicyclic) bond motifs is 1. The minimum Gasteiger partial charge on any atom is -0.466 e. The van der Waals surface area contributed by atoms with Crippen LogP contribution in [0.5, 0.6) is 0 Å². The van der Waals surface area contributed by atoms with Gasteiger partial charge in [0.25, 0.3) is 0 Å². The number of nitrogens with zero attached hydrogens (tertiary/aromatic N) is 1. The van der Waals surface area contributed by atoms with Gasteiger partial charge in [-0.2, -0.15) is 0 Å². The molecule has 0 spiro atoms. The molecular weight excluding hydrogens is 256 g/mol. The van der Waals surface area contributed by atoms with E-state index in [0.29, 0.717) is 19.4 Å². The van der Waals surface area contributed by atoms with Gasteiger partial charge < -0.3 is 15.4 Å². The number of nitrogens with two attached hydrogens (primary N) is 1. The number of carbonyl (C=O) groups is 2. The first kappa shape index (κ1) is 14.5. The number of esters is 1. The van der Waals surface area contributed by atoms with Crippen molar-refractivity contribution in [3.8, 4) is 0 Å². The molecule has 2 N–H and O–H groups in total. The molecule has 0 aromatic heterocycles. The SMILES string of the molecule is CCOC(=O)CC(N)Cc1ccc2c(c1)CC(=O)N2C. The summed E-state index contributed by atoms with van der Waals surface area (Å²) >= 11 is 0. The highest BCUT2D eigenvalue weighted by molar-refractivity contribution is 6.00. The molecule has 1 unspecified atom stereocenters. The van der Waals surface area contributed by atoms with E-state index in [1.54, 1.807) is 18.9 Å². The molecule has 1 amide bonds. The van der Waals surface area contributed by atoms with Crippen LogP contribution in [0.3, 0.4) is 0 Å². The van der Waals surface area contributed by atoms with Gasteiger partial charge in [0, 0.05) is 18.8 Å². The number of ether oxygens (including phenoxy) is 1. The van der Waals surface area contributed by atoms with Crippen molar-refractivity contribution < 1.29 is 14.3 Å². The standard InChI is InChI=1S/C15H20N2O3/c1-3-20-15(19)9-12(16)7-10-4-5-13-11(6-10)8-14(18)17(13)2/h4-6,12H,3,7-9,16H2,1-2H3. The van der Waals surface area contributed by atoms with Crippen molar-refractivity contribution in [2.75, 3.05) is 18.6 Å². The lowest BCUT2D eigenvalue weighted by Crippen LogP contribution is -2.27. The van der Waals surface area contributed by atoms with Gasteiger partial charge in [-0.1, -0.05) is 12.1 Å². The zero-order chi connectivity index (χ0) is 14.7. The van der Waals surface area contributed by atoms with Gasteiger partial charge in [0.05, 0.1) is 19.4 Å². The fourth-order valence-electron chi connectivity index (χ4n) is 2.46. The summed E-state index contributed by atoms with van der Waals surface area (Å²) in [6.07, 6.45) is 1.25. The molecule has 0 aliphatic carbocycles. The minimum absolute atomic E-state index is 0.105. The predicted molar refractivity (Wildman–Crippen MR) is 76.5 cm³/mol. The van der Waals surface area contributed by atoms with E-state index in [1.807, 2.05) is 18.2 Å². The lowest BCUT2D eigenvalue weighted by molar-refractivity contribution is -0.143. The molecule has 1 heterocycles. The van der Waals surface area contributed by atoms with Gasteiger partial charge in [-0.3, -0.25) is 9.59 Å².